The Labute approximate surface area is 230 Å². The van der Waals surface area contributed by atoms with E-state index in [4.69, 9.17) is 20.3 Å². The van der Waals surface area contributed by atoms with Crippen molar-refractivity contribution in [2.24, 2.45) is 5.73 Å². The summed E-state index contributed by atoms with van der Waals surface area (Å²) < 4.78 is 12.7. The van der Waals surface area contributed by atoms with Crippen LogP contribution in [-0.2, 0) is 36.9 Å². The van der Waals surface area contributed by atoms with Crippen LogP contribution in [0.4, 0.5) is 0 Å². The van der Waals surface area contributed by atoms with Gasteiger partial charge in [0.1, 0.15) is 6.04 Å². The number of hydrogen-bond acceptors (Lipinski definition) is 8. The third kappa shape index (κ3) is 12.1. The van der Waals surface area contributed by atoms with Crippen molar-refractivity contribution in [1.82, 2.24) is 25.6 Å². The maximum atomic E-state index is 12.9. The van der Waals surface area contributed by atoms with Crippen LogP contribution in [0.25, 0.3) is 10.9 Å². The second-order valence-electron chi connectivity index (χ2n) is 9.24. The molecule has 0 spiro atoms. The Morgan fingerprint density at radius 3 is 2.54 bits per heavy atom. The maximum absolute atomic E-state index is 12.9. The Bertz CT molecular complexity index is 1030. The van der Waals surface area contributed by atoms with Crippen LogP contribution >= 0.6 is 0 Å². The number of benzene rings is 1. The predicted octanol–water partition coefficient (Wildman–Crippen LogP) is 0.836. The smallest absolute Gasteiger partial charge is 0.305 e. The zero-order valence-corrected chi connectivity index (χ0v) is 23.1. The van der Waals surface area contributed by atoms with Crippen LogP contribution in [0.1, 0.15) is 37.8 Å². The van der Waals surface area contributed by atoms with Crippen molar-refractivity contribution >= 4 is 28.7 Å². The molecule has 0 saturated carbocycles. The quantitative estimate of drug-likeness (QED) is 0.112. The highest BCUT2D eigenvalue weighted by atomic mass is 16.5. The largest absolute Gasteiger partial charge is 0.481 e. The summed E-state index contributed by atoms with van der Waals surface area (Å²) in [6.45, 7) is 2.97. The van der Waals surface area contributed by atoms with Crippen LogP contribution in [0.3, 0.4) is 0 Å². The van der Waals surface area contributed by atoms with Crippen molar-refractivity contribution in [3.63, 3.8) is 0 Å². The van der Waals surface area contributed by atoms with E-state index in [0.29, 0.717) is 32.7 Å². The molecule has 1 atom stereocenters. The first-order chi connectivity index (χ1) is 18.8. The first kappa shape index (κ1) is 32.2. The molecule has 1 heterocycles. The number of amides is 2. The van der Waals surface area contributed by atoms with Crippen LogP contribution in [0.2, 0.25) is 0 Å². The van der Waals surface area contributed by atoms with E-state index in [0.717, 1.165) is 29.4 Å². The molecule has 0 aliphatic heterocycles. The average Bonchev–Trinajstić information content (AvgIpc) is 3.26. The molecule has 1 aromatic heterocycles. The van der Waals surface area contributed by atoms with Gasteiger partial charge in [0, 0.05) is 37.8 Å². The SMILES string of the molecule is CNN(C)Cc1cc2ccccc2n1CCC(=O)NC(CCCCN)C(=O)NCCOCCOCCC(=O)O. The molecule has 2 aromatic rings. The Morgan fingerprint density at radius 1 is 1.08 bits per heavy atom. The van der Waals surface area contributed by atoms with Crippen molar-refractivity contribution in [2.45, 2.75) is 51.2 Å². The lowest BCUT2D eigenvalue weighted by atomic mass is 10.1. The van der Waals surface area contributed by atoms with Gasteiger partial charge in [-0.15, -0.1) is 0 Å². The van der Waals surface area contributed by atoms with Crippen LogP contribution < -0.4 is 21.8 Å². The third-order valence-electron chi connectivity index (χ3n) is 6.22. The molecule has 0 fully saturated rings. The van der Waals surface area contributed by atoms with Crippen molar-refractivity contribution < 1.29 is 29.0 Å². The Balaban J connectivity index is 1.85. The summed E-state index contributed by atoms with van der Waals surface area (Å²) in [4.78, 5) is 36.2. The number of hydrazine groups is 1. The fraction of sp³-hybridized carbons (Fsp3) is 0.593. The second kappa shape index (κ2) is 18.3. The Hall–Kier alpha value is -3.03. The maximum Gasteiger partial charge on any atom is 0.305 e. The van der Waals surface area contributed by atoms with Crippen molar-refractivity contribution in [2.75, 3.05) is 53.6 Å². The third-order valence-corrected chi connectivity index (χ3v) is 6.22. The summed E-state index contributed by atoms with van der Waals surface area (Å²) in [5, 5.41) is 17.4. The van der Waals surface area contributed by atoms with E-state index in [2.05, 4.69) is 32.8 Å². The number of ether oxygens (including phenoxy) is 2. The van der Waals surface area contributed by atoms with Crippen molar-refractivity contribution in [3.05, 3.63) is 36.0 Å². The number of carbonyl (C=O) groups is 3. The number of carboxylic acid groups (broad SMARTS) is 1. The summed E-state index contributed by atoms with van der Waals surface area (Å²) in [6.07, 6.45) is 2.17. The fourth-order valence-electron chi connectivity index (χ4n) is 4.08. The minimum absolute atomic E-state index is 0.0514. The normalized spacial score (nSPS) is 12.1. The molecule has 2 rings (SSSR count). The van der Waals surface area contributed by atoms with E-state index in [1.54, 1.807) is 0 Å². The molecule has 0 radical (unpaired) electrons. The van der Waals surface area contributed by atoms with Gasteiger partial charge in [-0.3, -0.25) is 19.8 Å². The summed E-state index contributed by atoms with van der Waals surface area (Å²) in [5.41, 5.74) is 10.9. The van der Waals surface area contributed by atoms with Gasteiger partial charge in [0.25, 0.3) is 0 Å². The molecule has 1 unspecified atom stereocenters. The molecule has 0 aliphatic carbocycles. The molecule has 6 N–H and O–H groups in total. The van der Waals surface area contributed by atoms with Gasteiger partial charge < -0.3 is 35.5 Å². The zero-order chi connectivity index (χ0) is 28.5. The minimum atomic E-state index is -0.910. The van der Waals surface area contributed by atoms with E-state index in [1.807, 2.05) is 37.3 Å². The number of aliphatic carboxylic acids is 1. The number of nitrogens with two attached hydrogens (primary N) is 1. The van der Waals surface area contributed by atoms with Crippen LogP contribution in [0, 0.1) is 0 Å². The Morgan fingerprint density at radius 2 is 1.82 bits per heavy atom. The van der Waals surface area contributed by atoms with Gasteiger partial charge in [0.05, 0.1) is 39.4 Å². The van der Waals surface area contributed by atoms with Crippen LogP contribution in [0.5, 0.6) is 0 Å². The minimum Gasteiger partial charge on any atom is -0.481 e. The van der Waals surface area contributed by atoms with Gasteiger partial charge >= 0.3 is 5.97 Å². The number of aryl methyl sites for hydroxylation is 1. The fourth-order valence-corrected chi connectivity index (χ4v) is 4.08. The molecule has 12 nitrogen and oxygen atoms in total. The summed E-state index contributed by atoms with van der Waals surface area (Å²) >= 11 is 0. The number of unbranched alkanes of at least 4 members (excludes halogenated alkanes) is 1. The van der Waals surface area contributed by atoms with Crippen molar-refractivity contribution in [3.8, 4) is 0 Å². The van der Waals surface area contributed by atoms with Gasteiger partial charge in [0.15, 0.2) is 0 Å². The zero-order valence-electron chi connectivity index (χ0n) is 23.1. The van der Waals surface area contributed by atoms with Gasteiger partial charge in [-0.1, -0.05) is 18.2 Å². The molecule has 0 bridgehead atoms. The molecule has 218 valence electrons. The topological polar surface area (TPSA) is 160 Å². The molecular formula is C27H44N6O6. The van der Waals surface area contributed by atoms with E-state index < -0.39 is 12.0 Å². The first-order valence-electron chi connectivity index (χ1n) is 13.5. The summed E-state index contributed by atoms with van der Waals surface area (Å²) in [6, 6.07) is 9.57. The number of nitrogens with zero attached hydrogens (tertiary/aromatic N) is 2. The molecule has 0 aliphatic rings. The van der Waals surface area contributed by atoms with Gasteiger partial charge in [-0.05, 0) is 50.4 Å². The standard InChI is InChI=1S/C27H44N6O6/c1-29-32(2)20-22-19-21-7-3-4-9-24(21)33(22)14-10-25(34)31-23(8-5-6-12-28)27(37)30-13-16-39-18-17-38-15-11-26(35)36/h3-4,7,9,19,23,29H,5-6,8,10-18,20,28H2,1-2H3,(H,30,37)(H,31,34)(H,35,36). The number of aromatic nitrogens is 1. The lowest BCUT2D eigenvalue weighted by molar-refractivity contribution is -0.138. The highest BCUT2D eigenvalue weighted by molar-refractivity contribution is 5.87. The van der Waals surface area contributed by atoms with Gasteiger partial charge in [-0.25, -0.2) is 5.01 Å². The van der Waals surface area contributed by atoms with Crippen molar-refractivity contribution in [1.29, 1.82) is 0 Å². The molecule has 12 heteroatoms. The monoisotopic (exact) mass is 548 g/mol. The number of carboxylic acids is 1. The lowest BCUT2D eigenvalue weighted by Gasteiger charge is -2.20. The highest BCUT2D eigenvalue weighted by Crippen LogP contribution is 2.21. The van der Waals surface area contributed by atoms with E-state index in [1.165, 1.54) is 0 Å². The lowest BCUT2D eigenvalue weighted by Crippen LogP contribution is -2.47. The van der Waals surface area contributed by atoms with Gasteiger partial charge in [0.2, 0.25) is 11.8 Å². The number of para-hydroxylation sites is 1. The highest BCUT2D eigenvalue weighted by Gasteiger charge is 2.20. The van der Waals surface area contributed by atoms with Crippen LogP contribution in [0.15, 0.2) is 30.3 Å². The number of rotatable bonds is 21. The number of carbonyl (C=O) groups excluding carboxylic acids is 2. The van der Waals surface area contributed by atoms with Gasteiger partial charge in [-0.2, -0.15) is 0 Å². The number of nitrogens with one attached hydrogen (secondary N) is 3. The average molecular weight is 549 g/mol. The van der Waals surface area contributed by atoms with E-state index in [-0.39, 0.29) is 51.0 Å². The number of hydrogen-bond donors (Lipinski definition) is 5. The van der Waals surface area contributed by atoms with E-state index in [9.17, 15) is 14.4 Å². The predicted molar refractivity (Wildman–Crippen MR) is 149 cm³/mol. The Kier molecular flexibility index (Phi) is 15.1. The van der Waals surface area contributed by atoms with Crippen LogP contribution in [-0.4, -0.2) is 92.1 Å². The summed E-state index contributed by atoms with van der Waals surface area (Å²) in [7, 11) is 3.82. The molecule has 39 heavy (non-hydrogen) atoms. The van der Waals surface area contributed by atoms with E-state index >= 15 is 0 Å². The molecular weight excluding hydrogens is 504 g/mol. The molecule has 2 amide bonds. The molecule has 1 aromatic carbocycles. The molecule has 0 saturated heterocycles. The number of fused-ring (bicyclic) bond motifs is 1. The first-order valence-corrected chi connectivity index (χ1v) is 13.5. The summed E-state index contributed by atoms with van der Waals surface area (Å²) in [5.74, 6) is -1.36. The second-order valence-corrected chi connectivity index (χ2v) is 9.24.